The first-order chi connectivity index (χ1) is 9.06. The second kappa shape index (κ2) is 4.46. The molecule has 2 heterocycles. The Kier molecular flexibility index (Phi) is 2.90. The predicted molar refractivity (Wildman–Crippen MR) is 81.2 cm³/mol. The molecule has 1 N–H and O–H groups in total. The summed E-state index contributed by atoms with van der Waals surface area (Å²) in [6.45, 7) is 6.19. The number of hydrogen-bond acceptors (Lipinski definition) is 2. The molecule has 3 nitrogen and oxygen atoms in total. The van der Waals surface area contributed by atoms with Gasteiger partial charge in [-0.25, -0.2) is 9.97 Å². The van der Waals surface area contributed by atoms with E-state index in [1.54, 1.807) is 0 Å². The molecule has 0 aliphatic rings. The highest BCUT2D eigenvalue weighted by Gasteiger charge is 2.12. The number of H-pyrrole nitrogens is 1. The molecule has 96 valence electrons. The Labute approximate surface area is 120 Å². The van der Waals surface area contributed by atoms with Gasteiger partial charge < -0.3 is 4.98 Å². The van der Waals surface area contributed by atoms with E-state index in [1.165, 1.54) is 11.1 Å². The molecular weight excluding hydrogens is 302 g/mol. The standard InChI is InChI=1S/C15H14BrN3/c1-8-4-5-11(9(2)6-8)14-18-10(3)13-12(16)7-17-15(13)19-14/h4-7H,1-3H3,(H,17,18,19). The number of halogens is 1. The van der Waals surface area contributed by atoms with Crippen molar-refractivity contribution < 1.29 is 0 Å². The van der Waals surface area contributed by atoms with E-state index in [1.807, 2.05) is 13.1 Å². The molecule has 19 heavy (non-hydrogen) atoms. The molecule has 0 aliphatic carbocycles. The van der Waals surface area contributed by atoms with Crippen molar-refractivity contribution in [2.24, 2.45) is 0 Å². The average Bonchev–Trinajstić information content (AvgIpc) is 2.71. The lowest BCUT2D eigenvalue weighted by Gasteiger charge is -2.07. The van der Waals surface area contributed by atoms with Crippen LogP contribution in [0.25, 0.3) is 22.4 Å². The molecule has 3 aromatic rings. The number of rotatable bonds is 1. The molecule has 4 heteroatoms. The van der Waals surface area contributed by atoms with Crippen LogP contribution in [-0.4, -0.2) is 15.0 Å². The van der Waals surface area contributed by atoms with Gasteiger partial charge in [0.2, 0.25) is 0 Å². The van der Waals surface area contributed by atoms with Crippen LogP contribution in [0, 0.1) is 20.8 Å². The summed E-state index contributed by atoms with van der Waals surface area (Å²) in [4.78, 5) is 12.4. The van der Waals surface area contributed by atoms with Crippen molar-refractivity contribution in [3.63, 3.8) is 0 Å². The smallest absolute Gasteiger partial charge is 0.162 e. The van der Waals surface area contributed by atoms with Gasteiger partial charge in [-0.15, -0.1) is 0 Å². The summed E-state index contributed by atoms with van der Waals surface area (Å²) in [6, 6.07) is 6.34. The molecule has 3 rings (SSSR count). The van der Waals surface area contributed by atoms with Crippen molar-refractivity contribution in [3.05, 3.63) is 45.7 Å². The number of nitrogens with zero attached hydrogens (tertiary/aromatic N) is 2. The van der Waals surface area contributed by atoms with Crippen LogP contribution >= 0.6 is 15.9 Å². The minimum atomic E-state index is 0.775. The molecular formula is C15H14BrN3. The van der Waals surface area contributed by atoms with Gasteiger partial charge >= 0.3 is 0 Å². The van der Waals surface area contributed by atoms with E-state index >= 15 is 0 Å². The highest BCUT2D eigenvalue weighted by molar-refractivity contribution is 9.10. The Morgan fingerprint density at radius 3 is 2.63 bits per heavy atom. The summed E-state index contributed by atoms with van der Waals surface area (Å²) in [5.74, 6) is 0.775. The highest BCUT2D eigenvalue weighted by atomic mass is 79.9. The molecule has 0 radical (unpaired) electrons. The highest BCUT2D eigenvalue weighted by Crippen LogP contribution is 2.28. The van der Waals surface area contributed by atoms with E-state index in [0.29, 0.717) is 0 Å². The van der Waals surface area contributed by atoms with Gasteiger partial charge in [0.05, 0.1) is 11.1 Å². The lowest BCUT2D eigenvalue weighted by atomic mass is 10.1. The van der Waals surface area contributed by atoms with Crippen molar-refractivity contribution in [2.75, 3.05) is 0 Å². The van der Waals surface area contributed by atoms with Crippen molar-refractivity contribution >= 4 is 27.0 Å². The summed E-state index contributed by atoms with van der Waals surface area (Å²) in [5.41, 5.74) is 5.38. The molecule has 0 unspecified atom stereocenters. The van der Waals surface area contributed by atoms with Gasteiger partial charge in [-0.2, -0.15) is 0 Å². The first-order valence-corrected chi connectivity index (χ1v) is 6.94. The molecule has 0 saturated heterocycles. The molecule has 0 bridgehead atoms. The third-order valence-electron chi connectivity index (χ3n) is 3.29. The minimum Gasteiger partial charge on any atom is -0.345 e. The monoisotopic (exact) mass is 315 g/mol. The van der Waals surface area contributed by atoms with Crippen molar-refractivity contribution in [1.82, 2.24) is 15.0 Å². The predicted octanol–water partition coefficient (Wildman–Crippen LogP) is 4.31. The third-order valence-corrected chi connectivity index (χ3v) is 3.91. The molecule has 0 aliphatic heterocycles. The Hall–Kier alpha value is -1.68. The summed E-state index contributed by atoms with van der Waals surface area (Å²) in [7, 11) is 0. The van der Waals surface area contributed by atoms with Gasteiger partial charge in [-0.1, -0.05) is 23.8 Å². The van der Waals surface area contributed by atoms with Crippen LogP contribution < -0.4 is 0 Å². The van der Waals surface area contributed by atoms with E-state index in [0.717, 1.165) is 32.6 Å². The number of fused-ring (bicyclic) bond motifs is 1. The zero-order valence-corrected chi connectivity index (χ0v) is 12.7. The molecule has 0 atom stereocenters. The normalized spacial score (nSPS) is 11.2. The maximum atomic E-state index is 4.63. The van der Waals surface area contributed by atoms with Crippen LogP contribution in [0.15, 0.2) is 28.9 Å². The van der Waals surface area contributed by atoms with E-state index in [9.17, 15) is 0 Å². The van der Waals surface area contributed by atoms with Crippen LogP contribution in [0.4, 0.5) is 0 Å². The Morgan fingerprint density at radius 1 is 1.11 bits per heavy atom. The minimum absolute atomic E-state index is 0.775. The van der Waals surface area contributed by atoms with Gasteiger partial charge in [-0.3, -0.25) is 0 Å². The topological polar surface area (TPSA) is 41.6 Å². The summed E-state index contributed by atoms with van der Waals surface area (Å²) >= 11 is 3.51. The van der Waals surface area contributed by atoms with Crippen LogP contribution in [0.3, 0.4) is 0 Å². The van der Waals surface area contributed by atoms with E-state index in [4.69, 9.17) is 0 Å². The Balaban J connectivity index is 2.25. The van der Waals surface area contributed by atoms with Gasteiger partial charge in [0.15, 0.2) is 5.82 Å². The maximum absolute atomic E-state index is 4.63. The van der Waals surface area contributed by atoms with Gasteiger partial charge in [0.25, 0.3) is 0 Å². The Morgan fingerprint density at radius 2 is 1.89 bits per heavy atom. The number of aryl methyl sites for hydroxylation is 3. The lowest BCUT2D eigenvalue weighted by molar-refractivity contribution is 1.14. The Bertz CT molecular complexity index is 774. The quantitative estimate of drug-likeness (QED) is 0.727. The fourth-order valence-corrected chi connectivity index (χ4v) is 2.94. The molecule has 0 fully saturated rings. The fourth-order valence-electron chi connectivity index (χ4n) is 2.35. The van der Waals surface area contributed by atoms with E-state index in [2.05, 4.69) is 62.9 Å². The molecule has 0 saturated carbocycles. The maximum Gasteiger partial charge on any atom is 0.162 e. The molecule has 0 amide bonds. The van der Waals surface area contributed by atoms with Crippen molar-refractivity contribution in [3.8, 4) is 11.4 Å². The van der Waals surface area contributed by atoms with Gasteiger partial charge in [0.1, 0.15) is 5.65 Å². The van der Waals surface area contributed by atoms with Crippen LogP contribution in [-0.2, 0) is 0 Å². The average molecular weight is 316 g/mol. The van der Waals surface area contributed by atoms with Crippen LogP contribution in [0.5, 0.6) is 0 Å². The second-order valence-electron chi connectivity index (χ2n) is 4.81. The van der Waals surface area contributed by atoms with Crippen molar-refractivity contribution in [2.45, 2.75) is 20.8 Å². The lowest BCUT2D eigenvalue weighted by Crippen LogP contribution is -1.95. The SMILES string of the molecule is Cc1ccc(-c2nc(C)c3c(Br)c[nH]c3n2)c(C)c1. The van der Waals surface area contributed by atoms with Crippen LogP contribution in [0.2, 0.25) is 0 Å². The number of aromatic amines is 1. The number of aromatic nitrogens is 3. The first kappa shape index (κ1) is 12.4. The number of hydrogen-bond donors (Lipinski definition) is 1. The van der Waals surface area contributed by atoms with Gasteiger partial charge in [0, 0.05) is 16.2 Å². The van der Waals surface area contributed by atoms with Gasteiger partial charge in [-0.05, 0) is 42.3 Å². The summed E-state index contributed by atoms with van der Waals surface area (Å²) in [6.07, 6.45) is 1.90. The largest absolute Gasteiger partial charge is 0.345 e. The molecule has 0 spiro atoms. The van der Waals surface area contributed by atoms with Crippen LogP contribution in [0.1, 0.15) is 16.8 Å². The van der Waals surface area contributed by atoms with E-state index in [-0.39, 0.29) is 0 Å². The zero-order chi connectivity index (χ0) is 13.6. The number of nitrogens with one attached hydrogen (secondary N) is 1. The fraction of sp³-hybridized carbons (Fsp3) is 0.200. The van der Waals surface area contributed by atoms with E-state index < -0.39 is 0 Å². The third kappa shape index (κ3) is 2.06. The first-order valence-electron chi connectivity index (χ1n) is 6.15. The summed E-state index contributed by atoms with van der Waals surface area (Å²) < 4.78 is 1.01. The number of benzene rings is 1. The molecule has 1 aromatic carbocycles. The molecule has 2 aromatic heterocycles. The second-order valence-corrected chi connectivity index (χ2v) is 5.67. The van der Waals surface area contributed by atoms with Crippen molar-refractivity contribution in [1.29, 1.82) is 0 Å². The summed E-state index contributed by atoms with van der Waals surface area (Å²) in [5, 5.41) is 1.05. The zero-order valence-electron chi connectivity index (χ0n) is 11.1.